The molecule has 0 amide bonds. The third-order valence-electron chi connectivity index (χ3n) is 5.42. The smallest absolute Gasteiger partial charge is 0.0127 e. The lowest BCUT2D eigenvalue weighted by Gasteiger charge is -2.05. The lowest BCUT2D eigenvalue weighted by molar-refractivity contribution is 0.764. The van der Waals surface area contributed by atoms with E-state index in [0.717, 1.165) is 19.3 Å². The van der Waals surface area contributed by atoms with Gasteiger partial charge in [-0.1, -0.05) is 164 Å². The van der Waals surface area contributed by atoms with Gasteiger partial charge in [0.25, 0.3) is 0 Å². The van der Waals surface area contributed by atoms with E-state index in [1.165, 1.54) is 59.9 Å². The maximum Gasteiger partial charge on any atom is 0.0127 e. The molecule has 0 heterocycles. The first-order valence-corrected chi connectivity index (χ1v) is 15.8. The topological polar surface area (TPSA) is 0 Å². The summed E-state index contributed by atoms with van der Waals surface area (Å²) < 4.78 is 0. The van der Waals surface area contributed by atoms with Gasteiger partial charge in [-0.05, 0) is 64.9 Å². The van der Waals surface area contributed by atoms with Crippen molar-refractivity contribution < 1.29 is 0 Å². The Morgan fingerprint density at radius 1 is 0.744 bits per heavy atom. The van der Waals surface area contributed by atoms with Gasteiger partial charge in [0.05, 0.1) is 0 Å². The average molecular weight is 535 g/mol. The highest BCUT2D eigenvalue weighted by atomic mass is 14.0. The average Bonchev–Trinajstić information content (AvgIpc) is 2.98. The Kier molecular flexibility index (Phi) is 39.6. The van der Waals surface area contributed by atoms with Gasteiger partial charge in [-0.25, -0.2) is 0 Å². The number of rotatable bonds is 9. The molecule has 2 aromatic rings. The molecule has 0 N–H and O–H groups in total. The monoisotopic (exact) mass is 535 g/mol. The van der Waals surface area contributed by atoms with E-state index < -0.39 is 0 Å². The van der Waals surface area contributed by atoms with Gasteiger partial charge in [-0.15, -0.1) is 12.3 Å². The number of hydrogen-bond acceptors (Lipinski definition) is 0. The Morgan fingerprint density at radius 3 is 1.64 bits per heavy atom. The molecule has 0 nitrogen and oxygen atoms in total. The summed E-state index contributed by atoms with van der Waals surface area (Å²) in [7, 11) is 0. The number of allylic oxidation sites excluding steroid dienone is 4. The van der Waals surface area contributed by atoms with Crippen LogP contribution in [0.25, 0.3) is 0 Å². The zero-order valence-electron chi connectivity index (χ0n) is 28.5. The molecule has 2 aromatic carbocycles. The maximum absolute atomic E-state index is 5.16. The summed E-state index contributed by atoms with van der Waals surface area (Å²) in [4.78, 5) is 0. The van der Waals surface area contributed by atoms with Gasteiger partial charge in [0, 0.05) is 6.42 Å². The molecule has 0 fully saturated rings. The normalized spacial score (nSPS) is 9.74. The first kappa shape index (κ1) is 43.5. The number of benzene rings is 2. The molecule has 0 aliphatic carbocycles. The van der Waals surface area contributed by atoms with Crippen molar-refractivity contribution in [3.8, 4) is 12.3 Å². The lowest BCUT2D eigenvalue weighted by atomic mass is 10.0. The van der Waals surface area contributed by atoms with Crippen LogP contribution in [0.5, 0.6) is 0 Å². The van der Waals surface area contributed by atoms with E-state index in [4.69, 9.17) is 6.42 Å². The molecule has 0 atom stereocenters. The van der Waals surface area contributed by atoms with E-state index in [-0.39, 0.29) is 0 Å². The summed E-state index contributed by atoms with van der Waals surface area (Å²) in [6.45, 7) is 27.3. The molecule has 0 aliphatic heterocycles. The second-order valence-corrected chi connectivity index (χ2v) is 8.65. The van der Waals surface area contributed by atoms with Gasteiger partial charge in [0.1, 0.15) is 0 Å². The highest BCUT2D eigenvalue weighted by Gasteiger charge is 1.96. The zero-order valence-corrected chi connectivity index (χ0v) is 28.5. The van der Waals surface area contributed by atoms with Crippen LogP contribution in [-0.4, -0.2) is 0 Å². The first-order valence-electron chi connectivity index (χ1n) is 15.8. The highest BCUT2D eigenvalue weighted by Crippen LogP contribution is 2.16. The van der Waals surface area contributed by atoms with Gasteiger partial charge in [0.15, 0.2) is 0 Å². The second-order valence-electron chi connectivity index (χ2n) is 8.65. The van der Waals surface area contributed by atoms with Crippen molar-refractivity contribution in [1.29, 1.82) is 0 Å². The number of unbranched alkanes of at least 4 members (excludes halogenated alkanes) is 1. The minimum atomic E-state index is 0.836. The summed E-state index contributed by atoms with van der Waals surface area (Å²) >= 11 is 0. The van der Waals surface area contributed by atoms with E-state index in [2.05, 4.69) is 115 Å². The van der Waals surface area contributed by atoms with Crippen LogP contribution < -0.4 is 0 Å². The molecule has 222 valence electrons. The summed E-state index contributed by atoms with van der Waals surface area (Å²) in [5, 5.41) is 0. The van der Waals surface area contributed by atoms with E-state index in [9.17, 15) is 0 Å². The number of terminal acetylenes is 1. The molecule has 0 unspecified atom stereocenters. The zero-order chi connectivity index (χ0) is 30.9. The van der Waals surface area contributed by atoms with Crippen LogP contribution in [0.4, 0.5) is 0 Å². The molecule has 0 spiro atoms. The van der Waals surface area contributed by atoms with Gasteiger partial charge < -0.3 is 0 Å². The molecular weight excluding hydrogens is 468 g/mol. The SMILES string of the molecule is C#CCCc1ccc(C)cc1.CC.CC.CC.CC/C=C(\C=C(/CC)CCCC)CC.Cc1cccc(C)c1. The first-order chi connectivity index (χ1) is 18.9. The molecule has 0 saturated carbocycles. The van der Waals surface area contributed by atoms with Crippen molar-refractivity contribution in [1.82, 2.24) is 0 Å². The van der Waals surface area contributed by atoms with Crippen LogP contribution in [0.1, 0.15) is 136 Å². The van der Waals surface area contributed by atoms with E-state index in [0.29, 0.717) is 0 Å². The molecule has 0 aliphatic rings. The van der Waals surface area contributed by atoms with Crippen LogP contribution in [0.3, 0.4) is 0 Å². The summed E-state index contributed by atoms with van der Waals surface area (Å²) in [5.41, 5.74) is 8.44. The highest BCUT2D eigenvalue weighted by molar-refractivity contribution is 5.23. The predicted molar refractivity (Wildman–Crippen MR) is 185 cm³/mol. The van der Waals surface area contributed by atoms with Crippen molar-refractivity contribution in [3.05, 3.63) is 94.1 Å². The summed E-state index contributed by atoms with van der Waals surface area (Å²) in [6.07, 6.45) is 19.2. The maximum atomic E-state index is 5.16. The third-order valence-corrected chi connectivity index (χ3v) is 5.42. The molecule has 0 saturated heterocycles. The van der Waals surface area contributed by atoms with E-state index >= 15 is 0 Å². The molecule has 0 bridgehead atoms. The van der Waals surface area contributed by atoms with Gasteiger partial charge in [0.2, 0.25) is 0 Å². The van der Waals surface area contributed by atoms with Gasteiger partial charge >= 0.3 is 0 Å². The molecule has 39 heavy (non-hydrogen) atoms. The Morgan fingerprint density at radius 2 is 1.28 bits per heavy atom. The second kappa shape index (κ2) is 35.5. The van der Waals surface area contributed by atoms with Crippen molar-refractivity contribution >= 4 is 0 Å². The van der Waals surface area contributed by atoms with Crippen molar-refractivity contribution in [2.24, 2.45) is 0 Å². The Labute approximate surface area is 247 Å². The molecular formula is C39H66. The number of hydrogen-bond donors (Lipinski definition) is 0. The van der Waals surface area contributed by atoms with Gasteiger partial charge in [-0.2, -0.15) is 0 Å². The Balaban J connectivity index is -0.000000219. The summed E-state index contributed by atoms with van der Waals surface area (Å²) in [6, 6.07) is 16.9. The van der Waals surface area contributed by atoms with Gasteiger partial charge in [-0.3, -0.25) is 0 Å². The van der Waals surface area contributed by atoms with Crippen molar-refractivity contribution in [3.63, 3.8) is 0 Å². The number of aryl methyl sites for hydroxylation is 4. The molecule has 0 radical (unpaired) electrons. The quantitative estimate of drug-likeness (QED) is 0.222. The fourth-order valence-corrected chi connectivity index (χ4v) is 3.36. The lowest BCUT2D eigenvalue weighted by Crippen LogP contribution is -1.85. The van der Waals surface area contributed by atoms with Crippen molar-refractivity contribution in [2.45, 2.75) is 141 Å². The molecule has 0 heteroatoms. The largest absolute Gasteiger partial charge is 0.120 e. The molecule has 2 rings (SSSR count). The molecule has 0 aromatic heterocycles. The fraction of sp³-hybridized carbons (Fsp3) is 0.538. The Hall–Kier alpha value is -2.52. The van der Waals surface area contributed by atoms with Crippen LogP contribution in [0.2, 0.25) is 0 Å². The third kappa shape index (κ3) is 29.9. The Bertz CT molecular complexity index is 823. The predicted octanol–water partition coefficient (Wildman–Crippen LogP) is 13.2. The van der Waals surface area contributed by atoms with E-state index in [1.807, 2.05) is 41.5 Å². The van der Waals surface area contributed by atoms with Crippen LogP contribution in [0, 0.1) is 33.1 Å². The summed E-state index contributed by atoms with van der Waals surface area (Å²) in [5.74, 6) is 2.63. The van der Waals surface area contributed by atoms with Crippen LogP contribution in [-0.2, 0) is 6.42 Å². The fourth-order valence-electron chi connectivity index (χ4n) is 3.36. The minimum Gasteiger partial charge on any atom is -0.120 e. The van der Waals surface area contributed by atoms with E-state index in [1.54, 1.807) is 5.57 Å². The van der Waals surface area contributed by atoms with Crippen LogP contribution in [0.15, 0.2) is 71.8 Å². The van der Waals surface area contributed by atoms with Crippen LogP contribution >= 0.6 is 0 Å². The minimum absolute atomic E-state index is 0.836. The standard InChI is InChI=1S/C14H26.C11H12.C8H10.3C2H6/c1-5-9-11-14(8-4)12-13(7-3)10-6-2;1-3-4-5-11-8-6-10(2)7-9-11;1-7-4-3-5-8(2)6-7;3*1-2/h10,12H,5-9,11H2,1-4H3;1,6-9H,4-5H2,2H3;3-6H,1-2H3;3*1-2H3/b13-10-,14-12+;;;;;. The van der Waals surface area contributed by atoms with Crippen molar-refractivity contribution in [2.75, 3.05) is 0 Å².